The molecule has 3 nitrogen and oxygen atoms in total. The van der Waals surface area contributed by atoms with Gasteiger partial charge in [-0.3, -0.25) is 0 Å². The van der Waals surface area contributed by atoms with E-state index in [1.807, 2.05) is 12.1 Å². The molecule has 0 radical (unpaired) electrons. The Morgan fingerprint density at radius 2 is 2.12 bits per heavy atom. The molecule has 17 heavy (non-hydrogen) atoms. The van der Waals surface area contributed by atoms with Crippen LogP contribution in [0, 0.1) is 0 Å². The van der Waals surface area contributed by atoms with E-state index in [2.05, 4.69) is 15.3 Å². The summed E-state index contributed by atoms with van der Waals surface area (Å²) in [5.74, 6) is 0.797. The molecule has 0 saturated carbocycles. The van der Waals surface area contributed by atoms with Crippen molar-refractivity contribution in [3.63, 3.8) is 0 Å². The molecule has 2 heterocycles. The number of imidazole rings is 1. The second-order valence-electron chi connectivity index (χ2n) is 4.04. The third-order valence-electron chi connectivity index (χ3n) is 2.91. The van der Waals surface area contributed by atoms with Gasteiger partial charge in [0.15, 0.2) is 0 Å². The maximum Gasteiger partial charge on any atom is 0.139 e. The van der Waals surface area contributed by atoms with E-state index in [0.717, 1.165) is 42.3 Å². The largest absolute Gasteiger partial charge is 0.341 e. The van der Waals surface area contributed by atoms with E-state index in [-0.39, 0.29) is 0 Å². The minimum Gasteiger partial charge on any atom is -0.341 e. The summed E-state index contributed by atoms with van der Waals surface area (Å²) in [6.07, 6.45) is 0.948. The van der Waals surface area contributed by atoms with Gasteiger partial charge in [-0.05, 0) is 12.1 Å². The zero-order valence-corrected chi connectivity index (χ0v) is 10.6. The van der Waals surface area contributed by atoms with E-state index in [1.165, 1.54) is 0 Å². The molecule has 0 atom stereocenters. The van der Waals surface area contributed by atoms with E-state index in [4.69, 9.17) is 23.2 Å². The van der Waals surface area contributed by atoms with Crippen LogP contribution in [0.5, 0.6) is 0 Å². The lowest BCUT2D eigenvalue weighted by Gasteiger charge is -2.09. The summed E-state index contributed by atoms with van der Waals surface area (Å²) in [6, 6.07) is 5.58. The third-order valence-corrected chi connectivity index (χ3v) is 3.73. The number of H-pyrrole nitrogens is 1. The van der Waals surface area contributed by atoms with Crippen LogP contribution in [0.2, 0.25) is 10.0 Å². The Balaban J connectivity index is 2.09. The van der Waals surface area contributed by atoms with Crippen LogP contribution >= 0.6 is 23.2 Å². The number of benzene rings is 1. The van der Waals surface area contributed by atoms with Crippen LogP contribution in [0.4, 0.5) is 0 Å². The van der Waals surface area contributed by atoms with Crippen molar-refractivity contribution in [1.29, 1.82) is 0 Å². The Labute approximate surface area is 109 Å². The number of halogens is 2. The fourth-order valence-corrected chi connectivity index (χ4v) is 2.42. The highest BCUT2D eigenvalue weighted by Gasteiger charge is 2.16. The zero-order valence-electron chi connectivity index (χ0n) is 9.06. The first-order valence-electron chi connectivity index (χ1n) is 5.48. The van der Waals surface area contributed by atoms with Crippen LogP contribution in [0.25, 0.3) is 11.4 Å². The molecule has 0 fully saturated rings. The molecule has 88 valence electrons. The molecular weight excluding hydrogens is 257 g/mol. The minimum absolute atomic E-state index is 0.549. The third kappa shape index (κ3) is 1.95. The molecule has 0 amide bonds. The fraction of sp³-hybridized carbons (Fsp3) is 0.250. The predicted molar refractivity (Wildman–Crippen MR) is 69.5 cm³/mol. The first-order chi connectivity index (χ1) is 8.25. The Bertz CT molecular complexity index is 539. The van der Waals surface area contributed by atoms with Crippen molar-refractivity contribution in [2.45, 2.75) is 13.0 Å². The summed E-state index contributed by atoms with van der Waals surface area (Å²) in [5.41, 5.74) is 3.12. The quantitative estimate of drug-likeness (QED) is 0.834. The summed E-state index contributed by atoms with van der Waals surface area (Å²) in [5, 5.41) is 4.40. The molecule has 3 rings (SSSR count). The van der Waals surface area contributed by atoms with E-state index in [0.29, 0.717) is 10.0 Å². The predicted octanol–water partition coefficient (Wildman–Crippen LogP) is 3.03. The standard InChI is InChI=1S/C12H11Cl2N3/c13-8-3-1-2-7(11(8)14)12-16-9-4-5-15-6-10(9)17-12/h1-3,15H,4-6H2,(H,16,17). The average Bonchev–Trinajstić information content (AvgIpc) is 2.76. The van der Waals surface area contributed by atoms with E-state index < -0.39 is 0 Å². The smallest absolute Gasteiger partial charge is 0.139 e. The minimum atomic E-state index is 0.549. The Morgan fingerprint density at radius 1 is 1.24 bits per heavy atom. The highest BCUT2D eigenvalue weighted by Crippen LogP contribution is 2.32. The van der Waals surface area contributed by atoms with E-state index in [1.54, 1.807) is 6.07 Å². The molecule has 0 unspecified atom stereocenters. The van der Waals surface area contributed by atoms with Crippen LogP contribution in [0.1, 0.15) is 11.4 Å². The van der Waals surface area contributed by atoms with Crippen molar-refractivity contribution in [3.05, 3.63) is 39.6 Å². The van der Waals surface area contributed by atoms with Gasteiger partial charge in [0, 0.05) is 25.1 Å². The van der Waals surface area contributed by atoms with Gasteiger partial charge in [-0.25, -0.2) is 4.98 Å². The molecule has 0 bridgehead atoms. The Hall–Kier alpha value is -1.03. The van der Waals surface area contributed by atoms with Gasteiger partial charge < -0.3 is 10.3 Å². The number of aromatic nitrogens is 2. The molecule has 0 spiro atoms. The van der Waals surface area contributed by atoms with Crippen molar-refractivity contribution in [2.75, 3.05) is 6.54 Å². The van der Waals surface area contributed by atoms with Gasteiger partial charge in [0.1, 0.15) is 5.82 Å². The van der Waals surface area contributed by atoms with Crippen molar-refractivity contribution in [3.8, 4) is 11.4 Å². The summed E-state index contributed by atoms with van der Waals surface area (Å²) in [4.78, 5) is 7.89. The number of aromatic amines is 1. The van der Waals surface area contributed by atoms with Crippen LogP contribution in [-0.4, -0.2) is 16.5 Å². The topological polar surface area (TPSA) is 40.7 Å². The maximum atomic E-state index is 6.18. The Morgan fingerprint density at radius 3 is 2.94 bits per heavy atom. The maximum absolute atomic E-state index is 6.18. The molecule has 1 aromatic heterocycles. The van der Waals surface area contributed by atoms with Crippen LogP contribution in [0.3, 0.4) is 0 Å². The summed E-state index contributed by atoms with van der Waals surface area (Å²) in [6.45, 7) is 1.81. The second kappa shape index (κ2) is 4.33. The lowest BCUT2D eigenvalue weighted by Crippen LogP contribution is -2.23. The van der Waals surface area contributed by atoms with Gasteiger partial charge in [0.2, 0.25) is 0 Å². The number of hydrogen-bond donors (Lipinski definition) is 2. The van der Waals surface area contributed by atoms with Gasteiger partial charge >= 0.3 is 0 Å². The number of nitrogens with zero attached hydrogens (tertiary/aromatic N) is 1. The summed E-state index contributed by atoms with van der Waals surface area (Å²) in [7, 11) is 0. The van der Waals surface area contributed by atoms with Crippen molar-refractivity contribution in [2.24, 2.45) is 0 Å². The lowest BCUT2D eigenvalue weighted by molar-refractivity contribution is 0.627. The highest BCUT2D eigenvalue weighted by molar-refractivity contribution is 6.43. The normalized spacial score (nSPS) is 14.7. The first kappa shape index (κ1) is 11.1. The molecule has 2 N–H and O–H groups in total. The number of fused-ring (bicyclic) bond motifs is 1. The van der Waals surface area contributed by atoms with E-state index >= 15 is 0 Å². The highest BCUT2D eigenvalue weighted by atomic mass is 35.5. The van der Waals surface area contributed by atoms with Crippen LogP contribution in [0.15, 0.2) is 18.2 Å². The van der Waals surface area contributed by atoms with Crippen LogP contribution in [-0.2, 0) is 13.0 Å². The van der Waals surface area contributed by atoms with Gasteiger partial charge in [-0.15, -0.1) is 0 Å². The number of rotatable bonds is 1. The van der Waals surface area contributed by atoms with Gasteiger partial charge in [-0.1, -0.05) is 29.3 Å². The number of hydrogen-bond acceptors (Lipinski definition) is 2. The fourth-order valence-electron chi connectivity index (χ4n) is 2.03. The van der Waals surface area contributed by atoms with Gasteiger partial charge in [-0.2, -0.15) is 0 Å². The molecule has 1 aromatic carbocycles. The average molecular weight is 268 g/mol. The first-order valence-corrected chi connectivity index (χ1v) is 6.24. The molecule has 2 aromatic rings. The van der Waals surface area contributed by atoms with Gasteiger partial charge in [0.25, 0.3) is 0 Å². The zero-order chi connectivity index (χ0) is 11.8. The van der Waals surface area contributed by atoms with Crippen LogP contribution < -0.4 is 5.32 Å². The van der Waals surface area contributed by atoms with E-state index in [9.17, 15) is 0 Å². The molecule has 0 saturated heterocycles. The Kier molecular flexibility index (Phi) is 2.82. The number of nitrogens with one attached hydrogen (secondary N) is 2. The monoisotopic (exact) mass is 267 g/mol. The van der Waals surface area contributed by atoms with Crippen molar-refractivity contribution >= 4 is 23.2 Å². The molecule has 5 heteroatoms. The SMILES string of the molecule is Clc1cccc(-c2nc3c([nH]2)CNCC3)c1Cl. The molecule has 1 aliphatic rings. The van der Waals surface area contributed by atoms with Crippen molar-refractivity contribution < 1.29 is 0 Å². The lowest BCUT2D eigenvalue weighted by atomic mass is 10.2. The molecule has 1 aliphatic heterocycles. The van der Waals surface area contributed by atoms with Crippen molar-refractivity contribution in [1.82, 2.24) is 15.3 Å². The second-order valence-corrected chi connectivity index (χ2v) is 4.82. The summed E-state index contributed by atoms with van der Waals surface area (Å²) < 4.78 is 0. The van der Waals surface area contributed by atoms with Gasteiger partial charge in [0.05, 0.1) is 21.4 Å². The molecule has 0 aliphatic carbocycles. The summed E-state index contributed by atoms with van der Waals surface area (Å²) >= 11 is 12.2. The molecular formula is C12H11Cl2N3.